The normalized spacial score (nSPS) is 12.0. The lowest BCUT2D eigenvalue weighted by molar-refractivity contribution is 0.407. The molecule has 0 spiro atoms. The molecule has 0 atom stereocenters. The number of hydrogen-bond acceptors (Lipinski definition) is 2. The van der Waals surface area contributed by atoms with Crippen LogP contribution in [0.3, 0.4) is 0 Å². The first-order valence-electron chi connectivity index (χ1n) is 5.23. The number of hydrogen-bond donors (Lipinski definition) is 1. The summed E-state index contributed by atoms with van der Waals surface area (Å²) in [7, 11) is 0. The van der Waals surface area contributed by atoms with E-state index >= 15 is 0 Å². The van der Waals surface area contributed by atoms with Crippen LogP contribution in [0.5, 0.6) is 0 Å². The second-order valence-electron chi connectivity index (χ2n) is 5.01. The molecular weight excluding hydrogens is 174 g/mol. The van der Waals surface area contributed by atoms with Gasteiger partial charge in [-0.25, -0.2) is 4.98 Å². The van der Waals surface area contributed by atoms with E-state index in [4.69, 9.17) is 5.73 Å². The van der Waals surface area contributed by atoms with E-state index in [9.17, 15) is 0 Å². The van der Waals surface area contributed by atoms with Crippen molar-refractivity contribution in [3.8, 4) is 0 Å². The molecule has 0 aromatic carbocycles. The number of nitrogens with two attached hydrogens (primary N) is 1. The first-order valence-corrected chi connectivity index (χ1v) is 5.23. The maximum absolute atomic E-state index is 6.00. The van der Waals surface area contributed by atoms with Crippen LogP contribution in [-0.4, -0.2) is 9.55 Å². The largest absolute Gasteiger partial charge is 0.384 e. The lowest BCUT2D eigenvalue weighted by Crippen LogP contribution is -2.12. The number of nitrogen functional groups attached to an aromatic ring is 1. The molecule has 0 unspecified atom stereocenters. The van der Waals surface area contributed by atoms with Crippen LogP contribution in [0.4, 0.5) is 5.82 Å². The summed E-state index contributed by atoms with van der Waals surface area (Å²) in [4.78, 5) is 4.36. The minimum atomic E-state index is 0.250. The third kappa shape index (κ3) is 2.76. The van der Waals surface area contributed by atoms with Crippen LogP contribution in [0, 0.1) is 5.41 Å². The van der Waals surface area contributed by atoms with Crippen LogP contribution in [0.25, 0.3) is 0 Å². The third-order valence-corrected chi connectivity index (χ3v) is 2.12. The summed E-state index contributed by atoms with van der Waals surface area (Å²) in [5.74, 6) is 0.835. The van der Waals surface area contributed by atoms with E-state index in [2.05, 4.69) is 32.7 Å². The van der Waals surface area contributed by atoms with Gasteiger partial charge in [-0.05, 0) is 18.3 Å². The lowest BCUT2D eigenvalue weighted by atomic mass is 9.90. The minimum absolute atomic E-state index is 0.250. The summed E-state index contributed by atoms with van der Waals surface area (Å²) in [5, 5.41) is 0. The molecule has 0 amide bonds. The van der Waals surface area contributed by atoms with Gasteiger partial charge in [0.1, 0.15) is 5.82 Å². The van der Waals surface area contributed by atoms with E-state index in [1.54, 1.807) is 0 Å². The summed E-state index contributed by atoms with van der Waals surface area (Å²) in [5.41, 5.74) is 7.28. The lowest BCUT2D eigenvalue weighted by Gasteiger charge is -2.16. The van der Waals surface area contributed by atoms with Gasteiger partial charge in [0.2, 0.25) is 0 Å². The number of imidazole rings is 1. The zero-order valence-electron chi connectivity index (χ0n) is 9.67. The number of nitrogens with zero attached hydrogens (tertiary/aromatic N) is 2. The van der Waals surface area contributed by atoms with Crippen LogP contribution < -0.4 is 5.73 Å². The van der Waals surface area contributed by atoms with E-state index in [1.165, 1.54) is 0 Å². The van der Waals surface area contributed by atoms with Gasteiger partial charge < -0.3 is 10.3 Å². The Hall–Kier alpha value is -0.990. The average Bonchev–Trinajstić information content (AvgIpc) is 2.34. The number of aryl methyl sites for hydroxylation is 1. The van der Waals surface area contributed by atoms with E-state index in [0.717, 1.165) is 30.9 Å². The van der Waals surface area contributed by atoms with Crippen molar-refractivity contribution in [1.82, 2.24) is 9.55 Å². The summed E-state index contributed by atoms with van der Waals surface area (Å²) >= 11 is 0. The van der Waals surface area contributed by atoms with Crippen molar-refractivity contribution in [2.75, 3.05) is 5.73 Å². The van der Waals surface area contributed by atoms with Gasteiger partial charge in [0.25, 0.3) is 0 Å². The Morgan fingerprint density at radius 2 is 2.07 bits per heavy atom. The highest BCUT2D eigenvalue weighted by atomic mass is 15.1. The van der Waals surface area contributed by atoms with Crippen molar-refractivity contribution in [2.24, 2.45) is 5.41 Å². The topological polar surface area (TPSA) is 43.8 Å². The first-order chi connectivity index (χ1) is 6.44. The van der Waals surface area contributed by atoms with Gasteiger partial charge in [0.05, 0.1) is 12.0 Å². The highest BCUT2D eigenvalue weighted by molar-refractivity contribution is 5.36. The van der Waals surface area contributed by atoms with Gasteiger partial charge >= 0.3 is 0 Å². The Balaban J connectivity index is 2.79. The van der Waals surface area contributed by atoms with Crippen LogP contribution >= 0.6 is 0 Å². The van der Waals surface area contributed by atoms with Crippen LogP contribution in [0.15, 0.2) is 6.33 Å². The summed E-state index contributed by atoms with van der Waals surface area (Å²) in [6.45, 7) is 9.70. The summed E-state index contributed by atoms with van der Waals surface area (Å²) in [6, 6.07) is 0. The fraction of sp³-hybridized carbons (Fsp3) is 0.727. The van der Waals surface area contributed by atoms with Crippen LogP contribution in [0.1, 0.15) is 39.8 Å². The molecular formula is C11H21N3. The molecule has 0 bridgehead atoms. The van der Waals surface area contributed by atoms with E-state index < -0.39 is 0 Å². The number of rotatable bonds is 3. The molecule has 3 heteroatoms. The SMILES string of the molecule is CCCn1cnc(CC(C)(C)C)c1N. The van der Waals surface area contributed by atoms with Gasteiger partial charge in [-0.1, -0.05) is 27.7 Å². The monoisotopic (exact) mass is 195 g/mol. The zero-order valence-corrected chi connectivity index (χ0v) is 9.67. The molecule has 2 N–H and O–H groups in total. The quantitative estimate of drug-likeness (QED) is 0.805. The number of aromatic nitrogens is 2. The Labute approximate surface area is 86.3 Å². The third-order valence-electron chi connectivity index (χ3n) is 2.12. The molecule has 80 valence electrons. The van der Waals surface area contributed by atoms with Gasteiger partial charge in [-0.2, -0.15) is 0 Å². The minimum Gasteiger partial charge on any atom is -0.384 e. The van der Waals surface area contributed by atoms with E-state index in [1.807, 2.05) is 10.9 Å². The molecule has 1 aromatic heterocycles. The van der Waals surface area contributed by atoms with Crippen molar-refractivity contribution in [2.45, 2.75) is 47.1 Å². The predicted molar refractivity (Wildman–Crippen MR) is 60.1 cm³/mol. The molecule has 0 aliphatic rings. The van der Waals surface area contributed by atoms with Crippen LogP contribution in [0.2, 0.25) is 0 Å². The summed E-state index contributed by atoms with van der Waals surface area (Å²) in [6.07, 6.45) is 3.88. The van der Waals surface area contributed by atoms with Gasteiger partial charge in [-0.15, -0.1) is 0 Å². The van der Waals surface area contributed by atoms with Crippen molar-refractivity contribution < 1.29 is 0 Å². The van der Waals surface area contributed by atoms with Gasteiger partial charge in [0.15, 0.2) is 0 Å². The van der Waals surface area contributed by atoms with Crippen molar-refractivity contribution in [3.63, 3.8) is 0 Å². The summed E-state index contributed by atoms with van der Waals surface area (Å²) < 4.78 is 2.03. The first kappa shape index (κ1) is 11.1. The van der Waals surface area contributed by atoms with E-state index in [-0.39, 0.29) is 5.41 Å². The van der Waals surface area contributed by atoms with Gasteiger partial charge in [-0.3, -0.25) is 0 Å². The molecule has 14 heavy (non-hydrogen) atoms. The molecule has 0 aliphatic carbocycles. The number of anilines is 1. The molecule has 3 nitrogen and oxygen atoms in total. The molecule has 0 fully saturated rings. The smallest absolute Gasteiger partial charge is 0.126 e. The van der Waals surface area contributed by atoms with Crippen molar-refractivity contribution >= 4 is 5.82 Å². The maximum Gasteiger partial charge on any atom is 0.126 e. The Morgan fingerprint density at radius 3 is 2.57 bits per heavy atom. The van der Waals surface area contributed by atoms with Crippen molar-refractivity contribution in [1.29, 1.82) is 0 Å². The fourth-order valence-corrected chi connectivity index (χ4v) is 1.49. The van der Waals surface area contributed by atoms with Crippen molar-refractivity contribution in [3.05, 3.63) is 12.0 Å². The van der Waals surface area contributed by atoms with Crippen LogP contribution in [-0.2, 0) is 13.0 Å². The highest BCUT2D eigenvalue weighted by Crippen LogP contribution is 2.23. The Morgan fingerprint density at radius 1 is 1.43 bits per heavy atom. The molecule has 1 rings (SSSR count). The highest BCUT2D eigenvalue weighted by Gasteiger charge is 2.16. The molecule has 0 aliphatic heterocycles. The fourth-order valence-electron chi connectivity index (χ4n) is 1.49. The maximum atomic E-state index is 6.00. The average molecular weight is 195 g/mol. The predicted octanol–water partition coefficient (Wildman–Crippen LogP) is 2.46. The molecule has 0 radical (unpaired) electrons. The second kappa shape index (κ2) is 4.03. The molecule has 1 heterocycles. The second-order valence-corrected chi connectivity index (χ2v) is 5.01. The Bertz CT molecular complexity index is 294. The zero-order chi connectivity index (χ0) is 10.8. The molecule has 0 saturated heterocycles. The van der Waals surface area contributed by atoms with Gasteiger partial charge in [0, 0.05) is 6.54 Å². The molecule has 0 saturated carbocycles. The molecule has 1 aromatic rings. The standard InChI is InChI=1S/C11H21N3/c1-5-6-14-8-13-9(10(14)12)7-11(2,3)4/h8H,5-7,12H2,1-4H3. The Kier molecular flexibility index (Phi) is 3.19. The van der Waals surface area contributed by atoms with E-state index in [0.29, 0.717) is 0 Å².